The van der Waals surface area contributed by atoms with Crippen molar-refractivity contribution in [2.45, 2.75) is 51.0 Å². The summed E-state index contributed by atoms with van der Waals surface area (Å²) in [4.78, 5) is 32.3. The van der Waals surface area contributed by atoms with Gasteiger partial charge in [0, 0.05) is 62.3 Å². The molecule has 6 rings (SSSR count). The molecule has 9 heteroatoms. The number of piperidine rings is 1. The highest BCUT2D eigenvalue weighted by Crippen LogP contribution is 2.52. The Morgan fingerprint density at radius 2 is 1.94 bits per heavy atom. The summed E-state index contributed by atoms with van der Waals surface area (Å²) < 4.78 is 11.0. The van der Waals surface area contributed by atoms with Gasteiger partial charge in [-0.2, -0.15) is 0 Å². The summed E-state index contributed by atoms with van der Waals surface area (Å²) in [6.45, 7) is 5.86. The lowest BCUT2D eigenvalue weighted by molar-refractivity contribution is -0.125. The Morgan fingerprint density at radius 1 is 1.19 bits per heavy atom. The van der Waals surface area contributed by atoms with Gasteiger partial charge in [0.25, 0.3) is 0 Å². The largest absolute Gasteiger partial charge is 0.480 e. The lowest BCUT2D eigenvalue weighted by atomic mass is 9.83. The maximum atomic E-state index is 13.7. The Bertz CT molecular complexity index is 1370. The minimum absolute atomic E-state index is 0.00984. The highest BCUT2D eigenvalue weighted by molar-refractivity contribution is 5.87. The number of amides is 1. The number of imidazole rings is 1. The van der Waals surface area contributed by atoms with Crippen LogP contribution in [0.2, 0.25) is 0 Å². The number of likely N-dealkylation sites (tertiary alicyclic amines) is 1. The first kappa shape index (κ1) is 23.1. The number of hydrogen-bond donors (Lipinski definition) is 0. The van der Waals surface area contributed by atoms with E-state index in [-0.39, 0.29) is 11.6 Å². The van der Waals surface area contributed by atoms with Gasteiger partial charge in [0.15, 0.2) is 0 Å². The van der Waals surface area contributed by atoms with E-state index in [0.717, 1.165) is 67.7 Å². The number of nitrogens with zero attached hydrogens (tertiary/aromatic N) is 6. The lowest BCUT2D eigenvalue weighted by Gasteiger charge is -2.25. The fourth-order valence-corrected chi connectivity index (χ4v) is 6.31. The first-order chi connectivity index (χ1) is 17.5. The Labute approximate surface area is 210 Å². The predicted octanol–water partition coefficient (Wildman–Crippen LogP) is 2.57. The zero-order valence-electron chi connectivity index (χ0n) is 21.1. The van der Waals surface area contributed by atoms with Gasteiger partial charge in [0.1, 0.15) is 5.65 Å². The van der Waals surface area contributed by atoms with Crippen LogP contribution in [0.5, 0.6) is 5.88 Å². The second-order valence-electron chi connectivity index (χ2n) is 10.7. The Balaban J connectivity index is 1.25. The topological polar surface area (TPSA) is 86.7 Å². The number of carbonyl (C=O) groups excluding carboxylic acids is 1. The summed E-state index contributed by atoms with van der Waals surface area (Å²) in [6, 6.07) is 0. The monoisotopic (exact) mass is 490 g/mol. The average Bonchev–Trinajstić information content (AvgIpc) is 3.26. The van der Waals surface area contributed by atoms with Crippen LogP contribution in [0.1, 0.15) is 48.4 Å². The quantitative estimate of drug-likeness (QED) is 0.431. The maximum Gasteiger partial charge on any atom is 0.334 e. The van der Waals surface area contributed by atoms with Crippen LogP contribution in [0.4, 0.5) is 0 Å². The molecule has 0 N–H and O–H groups in total. The standard InChI is InChI=1S/C27H34N6O3/c1-4-24(34)31-14-20-21(15-31)22(20)16-32-13-18(9-6-10-19-12-30(2)29-26(19)36-3)25-28-11-23(17-7-5-8-17)33(25)27(32)35/h4,11-13,17,20-22H,1,5-10,14-16H2,2-3H3. The maximum absolute atomic E-state index is 13.7. The molecule has 0 bridgehead atoms. The summed E-state index contributed by atoms with van der Waals surface area (Å²) in [5.74, 6) is 2.51. The fourth-order valence-electron chi connectivity index (χ4n) is 6.31. The molecule has 3 fully saturated rings. The van der Waals surface area contributed by atoms with Crippen LogP contribution in [-0.2, 0) is 31.2 Å². The third-order valence-corrected chi connectivity index (χ3v) is 8.57. The number of fused-ring (bicyclic) bond motifs is 2. The third-order valence-electron chi connectivity index (χ3n) is 8.57. The normalized spacial score (nSPS) is 23.1. The number of methoxy groups -OCH3 is 1. The highest BCUT2D eigenvalue weighted by atomic mass is 16.5. The number of aryl methyl sites for hydroxylation is 3. The minimum atomic E-state index is 0.00984. The molecule has 2 unspecified atom stereocenters. The van der Waals surface area contributed by atoms with Gasteiger partial charge >= 0.3 is 5.69 Å². The highest BCUT2D eigenvalue weighted by Gasteiger charge is 2.56. The number of rotatable bonds is 9. The minimum Gasteiger partial charge on any atom is -0.480 e. The Hall–Kier alpha value is -3.36. The van der Waals surface area contributed by atoms with E-state index < -0.39 is 0 Å². The van der Waals surface area contributed by atoms with Gasteiger partial charge in [0.2, 0.25) is 11.8 Å². The molecule has 1 saturated heterocycles. The Kier molecular flexibility index (Phi) is 5.73. The fraction of sp³-hybridized carbons (Fsp3) is 0.556. The average molecular weight is 491 g/mol. The molecule has 0 spiro atoms. The van der Waals surface area contributed by atoms with Gasteiger partial charge in [-0.3, -0.25) is 14.0 Å². The first-order valence-electron chi connectivity index (χ1n) is 13.1. The van der Waals surface area contributed by atoms with Gasteiger partial charge in [0.05, 0.1) is 12.8 Å². The molecular formula is C27H34N6O3. The molecule has 9 nitrogen and oxygen atoms in total. The van der Waals surface area contributed by atoms with Crippen molar-refractivity contribution in [3.63, 3.8) is 0 Å². The molecule has 2 aliphatic carbocycles. The number of hydrogen-bond acceptors (Lipinski definition) is 5. The summed E-state index contributed by atoms with van der Waals surface area (Å²) in [5.41, 5.74) is 4.08. The summed E-state index contributed by atoms with van der Waals surface area (Å²) in [5, 5.41) is 4.36. The molecule has 2 atom stereocenters. The van der Waals surface area contributed by atoms with E-state index in [1.54, 1.807) is 11.8 Å². The molecule has 0 aromatic carbocycles. The first-order valence-corrected chi connectivity index (χ1v) is 13.1. The van der Waals surface area contributed by atoms with Crippen LogP contribution in [0.3, 0.4) is 0 Å². The summed E-state index contributed by atoms with van der Waals surface area (Å²) >= 11 is 0. The van der Waals surface area contributed by atoms with E-state index in [2.05, 4.69) is 11.7 Å². The predicted molar refractivity (Wildman–Crippen MR) is 135 cm³/mol. The van der Waals surface area contributed by atoms with Crippen LogP contribution in [0.15, 0.2) is 36.0 Å². The molecule has 3 aromatic heterocycles. The summed E-state index contributed by atoms with van der Waals surface area (Å²) in [6.07, 6.45) is 13.4. The van der Waals surface area contributed by atoms with Gasteiger partial charge < -0.3 is 9.64 Å². The second-order valence-corrected chi connectivity index (χ2v) is 10.7. The molecule has 3 aliphatic rings. The smallest absolute Gasteiger partial charge is 0.334 e. The van der Waals surface area contributed by atoms with E-state index in [4.69, 9.17) is 9.72 Å². The number of aromatic nitrogens is 5. The van der Waals surface area contributed by atoms with Crippen LogP contribution >= 0.6 is 0 Å². The number of ether oxygens (including phenoxy) is 1. The van der Waals surface area contributed by atoms with Crippen molar-refractivity contribution in [3.05, 3.63) is 58.6 Å². The Morgan fingerprint density at radius 3 is 2.61 bits per heavy atom. The van der Waals surface area contributed by atoms with Gasteiger partial charge in [-0.1, -0.05) is 13.0 Å². The van der Waals surface area contributed by atoms with Gasteiger partial charge in [-0.05, 0) is 55.9 Å². The molecule has 1 amide bonds. The van der Waals surface area contributed by atoms with E-state index in [0.29, 0.717) is 36.1 Å². The number of carbonyl (C=O) groups is 1. The zero-order valence-corrected chi connectivity index (χ0v) is 21.1. The van der Waals surface area contributed by atoms with Crippen molar-refractivity contribution >= 4 is 11.6 Å². The SMILES string of the molecule is C=CC(=O)N1CC2C(C1)C2Cn1cc(CCCc2cn(C)nc2OC)c2ncc(C3CCC3)n2c1=O. The van der Waals surface area contributed by atoms with Crippen LogP contribution < -0.4 is 10.4 Å². The molecule has 36 heavy (non-hydrogen) atoms. The van der Waals surface area contributed by atoms with Crippen molar-refractivity contribution in [2.24, 2.45) is 24.8 Å². The lowest BCUT2D eigenvalue weighted by Crippen LogP contribution is -2.33. The van der Waals surface area contributed by atoms with E-state index in [9.17, 15) is 9.59 Å². The van der Waals surface area contributed by atoms with Gasteiger partial charge in [-0.25, -0.2) is 14.2 Å². The second kappa shape index (κ2) is 8.94. The molecule has 190 valence electrons. The molecule has 4 heterocycles. The van der Waals surface area contributed by atoms with E-state index >= 15 is 0 Å². The molecule has 0 radical (unpaired) electrons. The molecule has 3 aromatic rings. The van der Waals surface area contributed by atoms with Crippen LogP contribution in [0.25, 0.3) is 5.65 Å². The van der Waals surface area contributed by atoms with Crippen molar-refractivity contribution in [1.29, 1.82) is 0 Å². The third kappa shape index (κ3) is 3.85. The van der Waals surface area contributed by atoms with E-state index in [1.807, 2.05) is 39.5 Å². The van der Waals surface area contributed by atoms with Gasteiger partial charge in [-0.15, -0.1) is 5.10 Å². The van der Waals surface area contributed by atoms with Crippen LogP contribution in [0, 0.1) is 17.8 Å². The van der Waals surface area contributed by atoms with Crippen molar-refractivity contribution in [1.82, 2.24) is 28.6 Å². The zero-order chi connectivity index (χ0) is 25.0. The van der Waals surface area contributed by atoms with Crippen molar-refractivity contribution < 1.29 is 9.53 Å². The molecule has 1 aliphatic heterocycles. The van der Waals surface area contributed by atoms with Crippen LogP contribution in [-0.4, -0.2) is 54.7 Å². The molecular weight excluding hydrogens is 456 g/mol. The van der Waals surface area contributed by atoms with Crippen molar-refractivity contribution in [2.75, 3.05) is 20.2 Å². The van der Waals surface area contributed by atoms with E-state index in [1.165, 1.54) is 12.5 Å². The molecule has 2 saturated carbocycles. The van der Waals surface area contributed by atoms with Crippen molar-refractivity contribution in [3.8, 4) is 5.88 Å². The summed E-state index contributed by atoms with van der Waals surface area (Å²) in [7, 11) is 3.55.